The van der Waals surface area contributed by atoms with Gasteiger partial charge in [0.2, 0.25) is 0 Å². The lowest BCUT2D eigenvalue weighted by atomic mass is 10.0. The Hall–Kier alpha value is -2.43. The highest BCUT2D eigenvalue weighted by molar-refractivity contribution is 5.96. The summed E-state index contributed by atoms with van der Waals surface area (Å²) >= 11 is 0. The van der Waals surface area contributed by atoms with Gasteiger partial charge in [0.15, 0.2) is 5.78 Å². The number of fused-ring (bicyclic) bond motifs is 1. The molecule has 5 heteroatoms. The molecular weight excluding hydrogens is 280 g/mol. The van der Waals surface area contributed by atoms with Gasteiger partial charge in [-0.15, -0.1) is 0 Å². The van der Waals surface area contributed by atoms with Gasteiger partial charge >= 0.3 is 5.97 Å². The maximum Gasteiger partial charge on any atom is 0.306 e. The smallest absolute Gasteiger partial charge is 0.306 e. The van der Waals surface area contributed by atoms with Gasteiger partial charge in [-0.05, 0) is 37.1 Å². The van der Waals surface area contributed by atoms with E-state index in [0.29, 0.717) is 5.92 Å². The molecule has 0 radical (unpaired) electrons. The molecule has 3 rings (SSSR count). The number of aromatic nitrogens is 2. The number of carboxylic acid groups (broad SMARTS) is 1. The third-order valence-corrected chi connectivity index (χ3v) is 3.94. The van der Waals surface area contributed by atoms with Crippen LogP contribution in [0.1, 0.15) is 43.4 Å². The van der Waals surface area contributed by atoms with E-state index in [1.807, 2.05) is 28.9 Å². The number of carbonyl (C=O) groups excluding carboxylic acids is 1. The van der Waals surface area contributed by atoms with Crippen molar-refractivity contribution in [2.24, 2.45) is 5.92 Å². The fraction of sp³-hybridized carbons (Fsp3) is 0.353. The van der Waals surface area contributed by atoms with Crippen molar-refractivity contribution < 1.29 is 14.7 Å². The molecule has 1 fully saturated rings. The van der Waals surface area contributed by atoms with Crippen molar-refractivity contribution in [2.75, 3.05) is 0 Å². The normalized spacial score (nSPS) is 16.2. The fourth-order valence-corrected chi connectivity index (χ4v) is 2.50. The number of hydrogen-bond acceptors (Lipinski definition) is 3. The predicted molar refractivity (Wildman–Crippen MR) is 82.6 cm³/mol. The molecule has 2 aromatic heterocycles. The van der Waals surface area contributed by atoms with Crippen molar-refractivity contribution in [3.63, 3.8) is 0 Å². The standard InChI is InChI=1S/C17H18N2O3/c1-11(17(21)22)10-13(20)7-8-14-15-4-2-3-9-19(15)18-16(14)12-5-6-12/h2-4,7-9,11-12H,5-6,10H2,1H3,(H,21,22)/b8-7+. The summed E-state index contributed by atoms with van der Waals surface area (Å²) in [6, 6.07) is 5.84. The number of hydrogen-bond donors (Lipinski definition) is 1. The highest BCUT2D eigenvalue weighted by atomic mass is 16.4. The number of nitrogens with zero attached hydrogens (tertiary/aromatic N) is 2. The van der Waals surface area contributed by atoms with Gasteiger partial charge in [-0.1, -0.05) is 13.0 Å². The van der Waals surface area contributed by atoms with Crippen LogP contribution in [0.15, 0.2) is 30.5 Å². The molecule has 1 atom stereocenters. The van der Waals surface area contributed by atoms with Gasteiger partial charge in [0.05, 0.1) is 17.1 Å². The minimum atomic E-state index is -0.948. The van der Waals surface area contributed by atoms with E-state index in [0.717, 1.165) is 29.6 Å². The summed E-state index contributed by atoms with van der Waals surface area (Å²) in [4.78, 5) is 22.7. The molecule has 1 aliphatic rings. The van der Waals surface area contributed by atoms with Crippen molar-refractivity contribution in [2.45, 2.75) is 32.1 Å². The van der Waals surface area contributed by atoms with Crippen LogP contribution in [0.3, 0.4) is 0 Å². The molecule has 0 saturated heterocycles. The maximum absolute atomic E-state index is 11.9. The van der Waals surface area contributed by atoms with Crippen LogP contribution in [-0.2, 0) is 9.59 Å². The lowest BCUT2D eigenvalue weighted by Gasteiger charge is -2.01. The summed E-state index contributed by atoms with van der Waals surface area (Å²) in [6.07, 6.45) is 7.45. The Labute approximate surface area is 128 Å². The first-order valence-corrected chi connectivity index (χ1v) is 7.47. The minimum Gasteiger partial charge on any atom is -0.481 e. The Balaban J connectivity index is 1.86. The third kappa shape index (κ3) is 2.93. The molecule has 114 valence electrons. The van der Waals surface area contributed by atoms with E-state index in [-0.39, 0.29) is 12.2 Å². The van der Waals surface area contributed by atoms with Crippen molar-refractivity contribution in [3.8, 4) is 0 Å². The second kappa shape index (κ2) is 5.75. The average Bonchev–Trinajstić information content (AvgIpc) is 3.26. The van der Waals surface area contributed by atoms with Crippen LogP contribution in [0.25, 0.3) is 11.6 Å². The fourth-order valence-electron chi connectivity index (χ4n) is 2.50. The highest BCUT2D eigenvalue weighted by Crippen LogP contribution is 2.42. The highest BCUT2D eigenvalue weighted by Gasteiger charge is 2.29. The molecule has 1 unspecified atom stereocenters. The van der Waals surface area contributed by atoms with Crippen LogP contribution in [-0.4, -0.2) is 26.5 Å². The molecule has 0 aliphatic heterocycles. The number of pyridine rings is 1. The van der Waals surface area contributed by atoms with E-state index in [1.54, 1.807) is 13.0 Å². The van der Waals surface area contributed by atoms with E-state index >= 15 is 0 Å². The zero-order chi connectivity index (χ0) is 15.7. The van der Waals surface area contributed by atoms with Crippen LogP contribution in [0.2, 0.25) is 0 Å². The number of rotatable bonds is 6. The lowest BCUT2D eigenvalue weighted by molar-refractivity contribution is -0.142. The molecule has 0 amide bonds. The molecule has 2 aromatic rings. The Bertz CT molecular complexity index is 756. The zero-order valence-corrected chi connectivity index (χ0v) is 12.4. The molecule has 1 N–H and O–H groups in total. The Morgan fingerprint density at radius 2 is 2.23 bits per heavy atom. The van der Waals surface area contributed by atoms with Crippen LogP contribution in [0.5, 0.6) is 0 Å². The molecule has 2 heterocycles. The van der Waals surface area contributed by atoms with E-state index in [2.05, 4.69) is 5.10 Å². The Morgan fingerprint density at radius 1 is 1.45 bits per heavy atom. The van der Waals surface area contributed by atoms with E-state index < -0.39 is 11.9 Å². The Kier molecular flexibility index (Phi) is 3.79. The molecule has 5 nitrogen and oxygen atoms in total. The van der Waals surface area contributed by atoms with Gasteiger partial charge in [-0.25, -0.2) is 4.52 Å². The number of aliphatic carboxylic acids is 1. The van der Waals surface area contributed by atoms with Gasteiger partial charge in [0.25, 0.3) is 0 Å². The molecular formula is C17H18N2O3. The van der Waals surface area contributed by atoms with Crippen molar-refractivity contribution in [1.29, 1.82) is 0 Å². The molecule has 0 bridgehead atoms. The van der Waals surface area contributed by atoms with Gasteiger partial charge < -0.3 is 5.11 Å². The van der Waals surface area contributed by atoms with Gasteiger partial charge in [-0.3, -0.25) is 9.59 Å². The summed E-state index contributed by atoms with van der Waals surface area (Å²) in [5, 5.41) is 13.5. The van der Waals surface area contributed by atoms with Crippen LogP contribution >= 0.6 is 0 Å². The van der Waals surface area contributed by atoms with Crippen LogP contribution in [0, 0.1) is 5.92 Å². The molecule has 22 heavy (non-hydrogen) atoms. The summed E-state index contributed by atoms with van der Waals surface area (Å²) in [6.45, 7) is 1.54. The average molecular weight is 298 g/mol. The molecule has 1 saturated carbocycles. The summed E-state index contributed by atoms with van der Waals surface area (Å²) in [5.74, 6) is -1.31. The van der Waals surface area contributed by atoms with E-state index in [4.69, 9.17) is 5.11 Å². The van der Waals surface area contributed by atoms with Crippen molar-refractivity contribution in [3.05, 3.63) is 41.7 Å². The molecule has 1 aliphatic carbocycles. The molecule has 0 spiro atoms. The number of carboxylic acids is 1. The quantitative estimate of drug-likeness (QED) is 0.832. The monoisotopic (exact) mass is 298 g/mol. The largest absolute Gasteiger partial charge is 0.481 e. The van der Waals surface area contributed by atoms with Crippen molar-refractivity contribution >= 4 is 23.3 Å². The second-order valence-electron chi connectivity index (χ2n) is 5.85. The van der Waals surface area contributed by atoms with Gasteiger partial charge in [0.1, 0.15) is 0 Å². The second-order valence-corrected chi connectivity index (χ2v) is 5.85. The topological polar surface area (TPSA) is 71.7 Å². The predicted octanol–water partition coefficient (Wildman–Crippen LogP) is 2.90. The maximum atomic E-state index is 11.9. The molecule has 0 aromatic carbocycles. The van der Waals surface area contributed by atoms with E-state index in [9.17, 15) is 9.59 Å². The minimum absolute atomic E-state index is 0.0177. The summed E-state index contributed by atoms with van der Waals surface area (Å²) in [7, 11) is 0. The Morgan fingerprint density at radius 3 is 2.91 bits per heavy atom. The van der Waals surface area contributed by atoms with Gasteiger partial charge in [0, 0.05) is 24.1 Å². The number of carbonyl (C=O) groups is 2. The zero-order valence-electron chi connectivity index (χ0n) is 12.4. The first kappa shape index (κ1) is 14.5. The first-order chi connectivity index (χ1) is 10.6. The SMILES string of the molecule is CC(CC(=O)/C=C/c1c(C2CC2)nn2ccccc12)C(=O)O. The lowest BCUT2D eigenvalue weighted by Crippen LogP contribution is -2.13. The summed E-state index contributed by atoms with van der Waals surface area (Å²) < 4.78 is 1.83. The first-order valence-electron chi connectivity index (χ1n) is 7.47. The number of allylic oxidation sites excluding steroid dienone is 1. The van der Waals surface area contributed by atoms with Crippen molar-refractivity contribution in [1.82, 2.24) is 9.61 Å². The number of ketones is 1. The van der Waals surface area contributed by atoms with Gasteiger partial charge in [-0.2, -0.15) is 5.10 Å². The van der Waals surface area contributed by atoms with E-state index in [1.165, 1.54) is 6.08 Å². The summed E-state index contributed by atoms with van der Waals surface area (Å²) in [5.41, 5.74) is 2.97. The van der Waals surface area contributed by atoms with Crippen LogP contribution < -0.4 is 0 Å². The van der Waals surface area contributed by atoms with Crippen LogP contribution in [0.4, 0.5) is 0 Å². The third-order valence-electron chi connectivity index (χ3n) is 3.94.